The molecule has 1 heterocycles. The van der Waals surface area contributed by atoms with Crippen molar-refractivity contribution >= 4 is 23.4 Å². The van der Waals surface area contributed by atoms with Crippen molar-refractivity contribution in [1.82, 2.24) is 9.97 Å². The number of halogens is 1. The Morgan fingerprint density at radius 2 is 2.30 bits per heavy atom. The summed E-state index contributed by atoms with van der Waals surface area (Å²) < 4.78 is 4.75. The molecular formula is C11H16ClN3O5. The summed E-state index contributed by atoms with van der Waals surface area (Å²) in [4.78, 5) is 26.8. The van der Waals surface area contributed by atoms with Gasteiger partial charge in [0.1, 0.15) is 5.69 Å². The van der Waals surface area contributed by atoms with E-state index in [1.54, 1.807) is 6.92 Å². The number of aromatic amines is 1. The summed E-state index contributed by atoms with van der Waals surface area (Å²) in [7, 11) is 0. The van der Waals surface area contributed by atoms with Crippen molar-refractivity contribution in [1.29, 1.82) is 0 Å². The first kappa shape index (κ1) is 16.4. The van der Waals surface area contributed by atoms with Crippen LogP contribution in [0.15, 0.2) is 0 Å². The van der Waals surface area contributed by atoms with Crippen LogP contribution in [0.3, 0.4) is 0 Å². The number of aromatic nitrogens is 2. The van der Waals surface area contributed by atoms with Crippen LogP contribution in [0.25, 0.3) is 0 Å². The Hall–Kier alpha value is -1.67. The maximum absolute atomic E-state index is 10.8. The molecule has 0 bridgehead atoms. The molecule has 1 aromatic heterocycles. The van der Waals surface area contributed by atoms with Crippen LogP contribution in [0, 0.1) is 10.1 Å². The summed E-state index contributed by atoms with van der Waals surface area (Å²) in [6, 6.07) is 0. The molecule has 1 rings (SSSR count). The Balaban J connectivity index is 2.61. The predicted octanol–water partition coefficient (Wildman–Crippen LogP) is 1.61. The van der Waals surface area contributed by atoms with Crippen LogP contribution in [0.2, 0.25) is 5.28 Å². The summed E-state index contributed by atoms with van der Waals surface area (Å²) >= 11 is 5.59. The number of hydrogen-bond donors (Lipinski definition) is 2. The molecular weight excluding hydrogens is 290 g/mol. The number of imidazole rings is 1. The van der Waals surface area contributed by atoms with Gasteiger partial charge in [-0.3, -0.25) is 4.79 Å². The molecule has 0 aliphatic rings. The fourth-order valence-corrected chi connectivity index (χ4v) is 1.98. The minimum absolute atomic E-state index is 0.00308. The number of H-pyrrole nitrogens is 1. The summed E-state index contributed by atoms with van der Waals surface area (Å²) in [5.41, 5.74) is -1.03. The normalized spacial score (nSPS) is 13.8. The Bertz CT molecular complexity index is 500. The minimum atomic E-state index is -1.19. The third-order valence-corrected chi connectivity index (χ3v) is 2.80. The molecule has 0 spiro atoms. The summed E-state index contributed by atoms with van der Waals surface area (Å²) in [5.74, 6) is -0.782. The third-order valence-electron chi connectivity index (χ3n) is 2.62. The van der Waals surface area contributed by atoms with E-state index in [0.29, 0.717) is 12.8 Å². The van der Waals surface area contributed by atoms with Crippen molar-refractivity contribution < 1.29 is 19.6 Å². The molecule has 0 saturated carbocycles. The quantitative estimate of drug-likeness (QED) is 0.342. The number of ether oxygens (including phenoxy) is 1. The van der Waals surface area contributed by atoms with E-state index in [4.69, 9.17) is 16.3 Å². The molecule has 0 fully saturated rings. The zero-order valence-electron chi connectivity index (χ0n) is 11.2. The maximum atomic E-state index is 10.8. The molecule has 9 heteroatoms. The Morgan fingerprint density at radius 3 is 2.85 bits per heavy atom. The molecule has 1 unspecified atom stereocenters. The van der Waals surface area contributed by atoms with Gasteiger partial charge in [-0.05, 0) is 41.3 Å². The molecule has 1 aromatic rings. The average Bonchev–Trinajstić information content (AvgIpc) is 2.65. The molecule has 0 aliphatic heterocycles. The molecule has 0 radical (unpaired) electrons. The lowest BCUT2D eigenvalue weighted by Gasteiger charge is -2.21. The first-order valence-electron chi connectivity index (χ1n) is 5.96. The van der Waals surface area contributed by atoms with Crippen molar-refractivity contribution in [2.75, 3.05) is 6.61 Å². The van der Waals surface area contributed by atoms with Crippen LogP contribution in [0.1, 0.15) is 32.4 Å². The standard InChI is InChI=1S/C11H16ClN3O5/c1-7(16)20-5-3-4-11(2,17)6-8-9(15(18)19)14-10(12)13-8/h17H,3-6H2,1-2H3,(H,13,14). The van der Waals surface area contributed by atoms with Crippen LogP contribution in [0.5, 0.6) is 0 Å². The highest BCUT2D eigenvalue weighted by Crippen LogP contribution is 2.25. The van der Waals surface area contributed by atoms with Crippen molar-refractivity contribution in [2.24, 2.45) is 0 Å². The largest absolute Gasteiger partial charge is 0.466 e. The van der Waals surface area contributed by atoms with Gasteiger partial charge in [-0.2, -0.15) is 0 Å². The van der Waals surface area contributed by atoms with E-state index >= 15 is 0 Å². The van der Waals surface area contributed by atoms with Crippen molar-refractivity contribution in [3.63, 3.8) is 0 Å². The fraction of sp³-hybridized carbons (Fsp3) is 0.636. The monoisotopic (exact) mass is 305 g/mol. The second kappa shape index (κ2) is 6.67. The zero-order chi connectivity index (χ0) is 15.3. The lowest BCUT2D eigenvalue weighted by Crippen LogP contribution is -2.28. The number of esters is 1. The molecule has 20 heavy (non-hydrogen) atoms. The van der Waals surface area contributed by atoms with Gasteiger partial charge in [0.2, 0.25) is 0 Å². The molecule has 0 saturated heterocycles. The van der Waals surface area contributed by atoms with Gasteiger partial charge in [0.05, 0.1) is 12.2 Å². The number of nitrogens with one attached hydrogen (secondary N) is 1. The van der Waals surface area contributed by atoms with Gasteiger partial charge in [0.15, 0.2) is 0 Å². The predicted molar refractivity (Wildman–Crippen MR) is 70.4 cm³/mol. The number of carbonyl (C=O) groups is 1. The Morgan fingerprint density at radius 1 is 1.65 bits per heavy atom. The third kappa shape index (κ3) is 5.14. The van der Waals surface area contributed by atoms with Gasteiger partial charge in [-0.1, -0.05) is 0 Å². The Kier molecular flexibility index (Phi) is 5.46. The van der Waals surface area contributed by atoms with E-state index in [1.165, 1.54) is 6.92 Å². The minimum Gasteiger partial charge on any atom is -0.466 e. The summed E-state index contributed by atoms with van der Waals surface area (Å²) in [6.07, 6.45) is 0.763. The first-order valence-corrected chi connectivity index (χ1v) is 6.33. The van der Waals surface area contributed by atoms with E-state index < -0.39 is 16.3 Å². The second-order valence-electron chi connectivity index (χ2n) is 4.70. The highest BCUT2D eigenvalue weighted by Gasteiger charge is 2.29. The van der Waals surface area contributed by atoms with Gasteiger partial charge in [-0.25, -0.2) is 0 Å². The van der Waals surface area contributed by atoms with Gasteiger partial charge >= 0.3 is 17.1 Å². The molecule has 8 nitrogen and oxygen atoms in total. The van der Waals surface area contributed by atoms with Crippen LogP contribution in [-0.2, 0) is 16.0 Å². The second-order valence-corrected chi connectivity index (χ2v) is 5.06. The summed E-state index contributed by atoms with van der Waals surface area (Å²) in [6.45, 7) is 3.03. The van der Waals surface area contributed by atoms with Gasteiger partial charge in [0.25, 0.3) is 0 Å². The molecule has 0 amide bonds. The van der Waals surface area contributed by atoms with E-state index in [-0.39, 0.29) is 30.0 Å². The van der Waals surface area contributed by atoms with E-state index in [0.717, 1.165) is 0 Å². The maximum Gasteiger partial charge on any atom is 0.386 e. The molecule has 1 atom stereocenters. The van der Waals surface area contributed by atoms with Crippen LogP contribution in [-0.4, -0.2) is 38.2 Å². The number of rotatable bonds is 7. The number of nitro groups is 1. The van der Waals surface area contributed by atoms with Crippen molar-refractivity contribution in [3.05, 3.63) is 21.1 Å². The van der Waals surface area contributed by atoms with Crippen molar-refractivity contribution in [2.45, 2.75) is 38.7 Å². The highest BCUT2D eigenvalue weighted by atomic mass is 35.5. The molecule has 2 N–H and O–H groups in total. The smallest absolute Gasteiger partial charge is 0.386 e. The van der Waals surface area contributed by atoms with Gasteiger partial charge in [0, 0.05) is 13.3 Å². The number of aliphatic hydroxyl groups is 1. The number of nitrogens with zero attached hydrogens (tertiary/aromatic N) is 2. The fourth-order valence-electron chi connectivity index (χ4n) is 1.78. The number of carbonyl (C=O) groups excluding carboxylic acids is 1. The lowest BCUT2D eigenvalue weighted by molar-refractivity contribution is -0.390. The SMILES string of the molecule is CC(=O)OCCCC(C)(O)Cc1[nH]c(Cl)nc1[N+](=O)[O-]. The summed E-state index contributed by atoms with van der Waals surface area (Å²) in [5, 5.41) is 20.9. The van der Waals surface area contributed by atoms with E-state index in [1.807, 2.05) is 0 Å². The Labute approximate surface area is 120 Å². The zero-order valence-corrected chi connectivity index (χ0v) is 11.9. The molecule has 0 aromatic carbocycles. The van der Waals surface area contributed by atoms with Crippen molar-refractivity contribution in [3.8, 4) is 0 Å². The van der Waals surface area contributed by atoms with E-state index in [2.05, 4.69) is 9.97 Å². The van der Waals surface area contributed by atoms with Gasteiger partial charge in [-0.15, -0.1) is 0 Å². The molecule has 112 valence electrons. The number of hydrogen-bond acceptors (Lipinski definition) is 6. The first-order chi connectivity index (χ1) is 9.21. The average molecular weight is 306 g/mol. The van der Waals surface area contributed by atoms with Crippen LogP contribution in [0.4, 0.5) is 5.82 Å². The molecule has 0 aliphatic carbocycles. The lowest BCUT2D eigenvalue weighted by atomic mass is 9.94. The highest BCUT2D eigenvalue weighted by molar-refractivity contribution is 6.28. The van der Waals surface area contributed by atoms with Crippen LogP contribution >= 0.6 is 11.6 Å². The topological polar surface area (TPSA) is 118 Å². The van der Waals surface area contributed by atoms with E-state index in [9.17, 15) is 20.0 Å². The van der Waals surface area contributed by atoms with Crippen LogP contribution < -0.4 is 0 Å². The van der Waals surface area contributed by atoms with Gasteiger partial charge < -0.3 is 24.9 Å².